The average molecular weight is 447 g/mol. The van der Waals surface area contributed by atoms with Gasteiger partial charge in [0.05, 0.1) is 20.8 Å². The van der Waals surface area contributed by atoms with Gasteiger partial charge in [-0.1, -0.05) is 5.16 Å². The first-order chi connectivity index (χ1) is 15.1. The molecule has 0 aliphatic carbocycles. The van der Waals surface area contributed by atoms with Crippen LogP contribution in [0.3, 0.4) is 0 Å². The van der Waals surface area contributed by atoms with Gasteiger partial charge >= 0.3 is 0 Å². The van der Waals surface area contributed by atoms with Crippen molar-refractivity contribution in [2.75, 3.05) is 25.8 Å². The molecular formula is C19H18FN5O5S. The molecule has 162 valence electrons. The van der Waals surface area contributed by atoms with E-state index in [0.29, 0.717) is 23.3 Å². The second-order valence-electron chi connectivity index (χ2n) is 6.18. The molecule has 0 amide bonds. The number of anilines is 1. The largest absolute Gasteiger partial charge is 0.588 e. The van der Waals surface area contributed by atoms with Crippen molar-refractivity contribution in [3.8, 4) is 17.4 Å². The molecule has 0 aliphatic heterocycles. The maximum atomic E-state index is 13.1. The van der Waals surface area contributed by atoms with Crippen molar-refractivity contribution in [2.24, 2.45) is 0 Å². The monoisotopic (exact) mass is 447 g/mol. The van der Waals surface area contributed by atoms with Crippen molar-refractivity contribution in [3.05, 3.63) is 48.4 Å². The van der Waals surface area contributed by atoms with Crippen LogP contribution in [0.4, 0.5) is 10.2 Å². The molecule has 0 bridgehead atoms. The van der Waals surface area contributed by atoms with E-state index >= 15 is 0 Å². The summed E-state index contributed by atoms with van der Waals surface area (Å²) in [7, 11) is 2.84. The molecule has 31 heavy (non-hydrogen) atoms. The summed E-state index contributed by atoms with van der Waals surface area (Å²) in [6, 6.07) is 6.73. The summed E-state index contributed by atoms with van der Waals surface area (Å²) in [5.41, 5.74) is 1.09. The van der Waals surface area contributed by atoms with Gasteiger partial charge in [-0.15, -0.1) is 0 Å². The first-order valence-corrected chi connectivity index (χ1v) is 10.1. The third-order valence-corrected chi connectivity index (χ3v) is 5.46. The Morgan fingerprint density at radius 3 is 2.81 bits per heavy atom. The Bertz CT molecular complexity index is 1150. The zero-order valence-electron chi connectivity index (χ0n) is 16.6. The van der Waals surface area contributed by atoms with Crippen molar-refractivity contribution in [1.82, 2.24) is 19.9 Å². The summed E-state index contributed by atoms with van der Waals surface area (Å²) in [5.74, 6) is 0.732. The second-order valence-corrected chi connectivity index (χ2v) is 7.33. The lowest BCUT2D eigenvalue weighted by Gasteiger charge is -2.14. The Kier molecular flexibility index (Phi) is 6.09. The first-order valence-electron chi connectivity index (χ1n) is 8.98. The quantitative estimate of drug-likeness (QED) is 0.386. The maximum Gasteiger partial charge on any atom is 0.283 e. The van der Waals surface area contributed by atoms with Crippen LogP contribution in [-0.2, 0) is 17.9 Å². The molecular weight excluding hydrogens is 429 g/mol. The molecule has 1 aromatic carbocycles. The van der Waals surface area contributed by atoms with Gasteiger partial charge in [-0.25, -0.2) is 9.37 Å². The van der Waals surface area contributed by atoms with E-state index in [9.17, 15) is 8.94 Å². The Hall–Kier alpha value is -3.51. The van der Waals surface area contributed by atoms with Gasteiger partial charge in [-0.2, -0.15) is 9.82 Å². The number of methoxy groups -OCH3 is 2. The van der Waals surface area contributed by atoms with Gasteiger partial charge in [0.25, 0.3) is 10.8 Å². The summed E-state index contributed by atoms with van der Waals surface area (Å²) in [6.07, 6.45) is 4.92. The van der Waals surface area contributed by atoms with E-state index in [1.54, 1.807) is 41.3 Å². The summed E-state index contributed by atoms with van der Waals surface area (Å²) < 4.78 is 51.6. The van der Waals surface area contributed by atoms with Gasteiger partial charge in [-0.05, 0) is 23.8 Å². The van der Waals surface area contributed by atoms with Crippen molar-refractivity contribution < 1.29 is 27.7 Å². The van der Waals surface area contributed by atoms with Gasteiger partial charge in [-0.3, -0.25) is 4.68 Å². The van der Waals surface area contributed by atoms with E-state index in [1.807, 2.05) is 0 Å². The lowest BCUT2D eigenvalue weighted by atomic mass is 10.1. The van der Waals surface area contributed by atoms with Gasteiger partial charge in [0.2, 0.25) is 12.7 Å². The fourth-order valence-electron chi connectivity index (χ4n) is 3.03. The summed E-state index contributed by atoms with van der Waals surface area (Å²) in [4.78, 5) is 4.24. The molecule has 0 saturated carbocycles. The normalized spacial score (nSPS) is 12.0. The summed E-state index contributed by atoms with van der Waals surface area (Å²) >= 11 is -1.88. The van der Waals surface area contributed by atoms with Gasteiger partial charge < -0.3 is 23.3 Å². The van der Waals surface area contributed by atoms with Crippen LogP contribution in [-0.4, -0.2) is 45.6 Å². The zero-order valence-corrected chi connectivity index (χ0v) is 17.4. The Morgan fingerprint density at radius 1 is 1.23 bits per heavy atom. The minimum Gasteiger partial charge on any atom is -0.588 e. The van der Waals surface area contributed by atoms with Gasteiger partial charge in [0.1, 0.15) is 22.5 Å². The molecule has 1 N–H and O–H groups in total. The molecule has 0 spiro atoms. The van der Waals surface area contributed by atoms with Gasteiger partial charge in [0, 0.05) is 24.7 Å². The minimum atomic E-state index is -1.88. The average Bonchev–Trinajstić information content (AvgIpc) is 3.43. The molecule has 3 aromatic heterocycles. The number of nitrogens with one attached hydrogen (secondary N) is 1. The highest BCUT2D eigenvalue weighted by atomic mass is 32.2. The molecule has 1 unspecified atom stereocenters. The predicted octanol–water partition coefficient (Wildman–Crippen LogP) is 2.93. The number of hydrogen-bond acceptors (Lipinski definition) is 9. The number of ether oxygens (including phenoxy) is 3. The first kappa shape index (κ1) is 20.8. The zero-order chi connectivity index (χ0) is 21.8. The molecule has 3 heterocycles. The van der Waals surface area contributed by atoms with Crippen LogP contribution >= 0.6 is 0 Å². The van der Waals surface area contributed by atoms with E-state index in [0.717, 1.165) is 5.56 Å². The Morgan fingerprint density at radius 2 is 2.10 bits per heavy atom. The number of pyridine rings is 1. The fraction of sp³-hybridized carbons (Fsp3) is 0.211. The van der Waals surface area contributed by atoms with Crippen LogP contribution in [0.1, 0.15) is 5.56 Å². The molecule has 0 fully saturated rings. The fourth-order valence-corrected chi connectivity index (χ4v) is 4.08. The van der Waals surface area contributed by atoms with Crippen molar-refractivity contribution >= 4 is 28.1 Å². The molecule has 0 aliphatic rings. The smallest absolute Gasteiger partial charge is 0.283 e. The van der Waals surface area contributed by atoms with Crippen LogP contribution in [0.15, 0.2) is 52.3 Å². The van der Waals surface area contributed by atoms with E-state index in [4.69, 9.17) is 18.7 Å². The van der Waals surface area contributed by atoms with Crippen LogP contribution in [0.2, 0.25) is 0 Å². The third-order valence-electron chi connectivity index (χ3n) is 4.34. The number of aromatic nitrogens is 4. The minimum absolute atomic E-state index is 0.107. The van der Waals surface area contributed by atoms with E-state index in [2.05, 4.69) is 20.0 Å². The third kappa shape index (κ3) is 4.20. The maximum absolute atomic E-state index is 13.1. The van der Waals surface area contributed by atoms with Crippen molar-refractivity contribution in [1.29, 1.82) is 0 Å². The Labute approximate surface area is 179 Å². The predicted molar refractivity (Wildman–Crippen MR) is 109 cm³/mol. The number of halogens is 1. The summed E-state index contributed by atoms with van der Waals surface area (Å²) in [5, 5.41) is 8.44. The molecule has 4 rings (SSSR count). The van der Waals surface area contributed by atoms with E-state index in [-0.39, 0.29) is 22.3 Å². The number of fused-ring (bicyclic) bond motifs is 1. The topological polar surface area (TPSA) is 120 Å². The van der Waals surface area contributed by atoms with E-state index in [1.165, 1.54) is 20.4 Å². The van der Waals surface area contributed by atoms with Crippen LogP contribution < -0.4 is 18.9 Å². The SMILES string of the molecule is COc1ccnc(OC)c1[S+]([O-])Nc1noc2cc(Cn3cccn3)cc(OCF)c12. The highest BCUT2D eigenvalue weighted by Gasteiger charge is 2.28. The highest BCUT2D eigenvalue weighted by molar-refractivity contribution is 7.93. The number of nitrogens with zero attached hydrogens (tertiary/aromatic N) is 4. The number of benzene rings is 1. The van der Waals surface area contributed by atoms with Crippen LogP contribution in [0.25, 0.3) is 11.0 Å². The van der Waals surface area contributed by atoms with Crippen LogP contribution in [0, 0.1) is 0 Å². The lowest BCUT2D eigenvalue weighted by Crippen LogP contribution is -2.16. The number of rotatable bonds is 9. The number of hydrogen-bond donors (Lipinski definition) is 1. The van der Waals surface area contributed by atoms with E-state index < -0.39 is 18.2 Å². The molecule has 4 aromatic rings. The molecule has 0 radical (unpaired) electrons. The molecule has 0 saturated heterocycles. The molecule has 1 atom stereocenters. The van der Waals surface area contributed by atoms with Crippen LogP contribution in [0.5, 0.6) is 17.4 Å². The van der Waals surface area contributed by atoms with Crippen molar-refractivity contribution in [3.63, 3.8) is 0 Å². The Balaban J connectivity index is 1.70. The molecule has 10 nitrogen and oxygen atoms in total. The van der Waals surface area contributed by atoms with Gasteiger partial charge in [0.15, 0.2) is 11.3 Å². The number of alkyl halides is 1. The summed E-state index contributed by atoms with van der Waals surface area (Å²) in [6.45, 7) is -0.636. The second kappa shape index (κ2) is 9.10. The highest BCUT2D eigenvalue weighted by Crippen LogP contribution is 2.37. The standard InChI is InChI=1S/C19H18FN5O5S/c1-27-13-4-6-21-19(28-2)17(13)31(26)24-18-16-14(29-11-20)8-12(9-15(16)30-23-18)10-25-7-3-5-22-25/h3-9H,10-11H2,1-2H3,(H,23,24). The lowest BCUT2D eigenvalue weighted by molar-refractivity contribution is 0.194. The molecule has 12 heteroatoms. The van der Waals surface area contributed by atoms with Crippen molar-refractivity contribution in [2.45, 2.75) is 11.4 Å².